The van der Waals surface area contributed by atoms with E-state index in [-0.39, 0.29) is 30.2 Å². The van der Waals surface area contributed by atoms with E-state index in [4.69, 9.17) is 4.74 Å². The van der Waals surface area contributed by atoms with Crippen molar-refractivity contribution in [2.24, 2.45) is 5.92 Å². The smallest absolute Gasteiger partial charge is 0.425 e. The lowest BCUT2D eigenvalue weighted by Crippen LogP contribution is -2.57. The summed E-state index contributed by atoms with van der Waals surface area (Å²) < 4.78 is 5.87. The summed E-state index contributed by atoms with van der Waals surface area (Å²) in [5, 5.41) is 13.3. The van der Waals surface area contributed by atoms with Crippen LogP contribution >= 0.6 is 0 Å². The van der Waals surface area contributed by atoms with Crippen LogP contribution < -0.4 is 4.90 Å². The summed E-state index contributed by atoms with van der Waals surface area (Å²) in [6.07, 6.45) is 6.56. The third kappa shape index (κ3) is 3.50. The molecular formula is C21H29N5O4. The van der Waals surface area contributed by atoms with Crippen molar-refractivity contribution >= 4 is 17.7 Å². The van der Waals surface area contributed by atoms with Gasteiger partial charge in [0, 0.05) is 50.3 Å². The van der Waals surface area contributed by atoms with E-state index in [0.717, 1.165) is 57.8 Å². The van der Waals surface area contributed by atoms with Crippen LogP contribution in [0.1, 0.15) is 25.7 Å². The molecule has 4 heterocycles. The van der Waals surface area contributed by atoms with E-state index < -0.39 is 5.97 Å². The summed E-state index contributed by atoms with van der Waals surface area (Å²) in [4.78, 5) is 32.7. The molecule has 0 spiro atoms. The minimum absolute atomic E-state index is 0.0900. The number of likely N-dealkylation sites (tertiary alicyclic amines) is 1. The summed E-state index contributed by atoms with van der Waals surface area (Å²) in [5.74, 6) is -0.930. The molecule has 162 valence electrons. The third-order valence-corrected chi connectivity index (χ3v) is 7.19. The number of piperazine rings is 1. The zero-order valence-electron chi connectivity index (χ0n) is 17.1. The Morgan fingerprint density at radius 3 is 2.30 bits per heavy atom. The second kappa shape index (κ2) is 8.03. The van der Waals surface area contributed by atoms with Crippen LogP contribution in [0.25, 0.3) is 0 Å². The Morgan fingerprint density at radius 2 is 1.63 bits per heavy atom. The molecule has 5 rings (SSSR count). The predicted octanol–water partition coefficient (Wildman–Crippen LogP) is 1.27. The van der Waals surface area contributed by atoms with E-state index in [9.17, 15) is 14.7 Å². The number of ether oxygens (including phenoxy) is 1. The van der Waals surface area contributed by atoms with Gasteiger partial charge in [-0.15, -0.1) is 0 Å². The molecule has 1 saturated carbocycles. The van der Waals surface area contributed by atoms with Gasteiger partial charge in [-0.1, -0.05) is 0 Å². The maximum atomic E-state index is 12.8. The van der Waals surface area contributed by atoms with Crippen molar-refractivity contribution in [2.75, 3.05) is 44.2 Å². The van der Waals surface area contributed by atoms with Gasteiger partial charge in [0.25, 0.3) is 0 Å². The highest BCUT2D eigenvalue weighted by Gasteiger charge is 2.54. The summed E-state index contributed by atoms with van der Waals surface area (Å²) in [6, 6.07) is 4.33. The SMILES string of the molecule is O=C(O)C1CCN(C2CCC3C2OC(=O)N3N2CCN(c3ccncc3)CC2)CC1. The fraction of sp³-hybridized carbons (Fsp3) is 0.667. The van der Waals surface area contributed by atoms with E-state index >= 15 is 0 Å². The lowest BCUT2D eigenvalue weighted by Gasteiger charge is -2.41. The minimum atomic E-state index is -0.691. The number of fused-ring (bicyclic) bond motifs is 1. The number of aromatic nitrogens is 1. The number of anilines is 1. The van der Waals surface area contributed by atoms with E-state index in [2.05, 4.69) is 19.8 Å². The second-order valence-electron chi connectivity index (χ2n) is 8.70. The zero-order chi connectivity index (χ0) is 20.7. The van der Waals surface area contributed by atoms with Crippen LogP contribution in [0.15, 0.2) is 24.5 Å². The Kier molecular flexibility index (Phi) is 5.24. The molecule has 4 fully saturated rings. The van der Waals surface area contributed by atoms with Crippen LogP contribution in [0.5, 0.6) is 0 Å². The number of hydrogen-bond donors (Lipinski definition) is 1. The molecule has 0 radical (unpaired) electrons. The van der Waals surface area contributed by atoms with Crippen LogP contribution in [-0.4, -0.2) is 94.5 Å². The maximum Gasteiger partial charge on any atom is 0.425 e. The molecular weight excluding hydrogens is 386 g/mol. The number of amides is 1. The number of aliphatic carboxylic acids is 1. The molecule has 9 heteroatoms. The molecule has 1 N–H and O–H groups in total. The molecule has 0 aromatic carbocycles. The number of rotatable bonds is 4. The van der Waals surface area contributed by atoms with E-state index in [1.165, 1.54) is 0 Å². The van der Waals surface area contributed by atoms with Crippen molar-refractivity contribution in [1.82, 2.24) is 19.9 Å². The normalized spacial score (nSPS) is 31.1. The summed E-state index contributed by atoms with van der Waals surface area (Å²) in [6.45, 7) is 4.83. The largest absolute Gasteiger partial charge is 0.481 e. The molecule has 1 aromatic heterocycles. The van der Waals surface area contributed by atoms with Gasteiger partial charge in [-0.05, 0) is 50.9 Å². The minimum Gasteiger partial charge on any atom is -0.481 e. The van der Waals surface area contributed by atoms with Crippen molar-refractivity contribution in [3.05, 3.63) is 24.5 Å². The van der Waals surface area contributed by atoms with Gasteiger partial charge in [0.05, 0.1) is 12.0 Å². The molecule has 1 aromatic rings. The molecule has 1 aliphatic carbocycles. The number of carboxylic acids is 1. The quantitative estimate of drug-likeness (QED) is 0.786. The number of pyridine rings is 1. The van der Waals surface area contributed by atoms with Crippen molar-refractivity contribution < 1.29 is 19.4 Å². The number of hydrazine groups is 1. The number of carbonyl (C=O) groups is 2. The first-order chi connectivity index (χ1) is 14.6. The third-order valence-electron chi connectivity index (χ3n) is 7.19. The van der Waals surface area contributed by atoms with Gasteiger partial charge in [0.2, 0.25) is 0 Å². The van der Waals surface area contributed by atoms with Gasteiger partial charge in [0.15, 0.2) is 0 Å². The molecule has 1 amide bonds. The molecule has 3 aliphatic heterocycles. The lowest BCUT2D eigenvalue weighted by atomic mass is 9.95. The Labute approximate surface area is 176 Å². The van der Waals surface area contributed by atoms with Gasteiger partial charge in [0.1, 0.15) is 6.10 Å². The maximum absolute atomic E-state index is 12.8. The fourth-order valence-electron chi connectivity index (χ4n) is 5.57. The van der Waals surface area contributed by atoms with Crippen LogP contribution in [0.3, 0.4) is 0 Å². The fourth-order valence-corrected chi connectivity index (χ4v) is 5.57. The van der Waals surface area contributed by atoms with Gasteiger partial charge >= 0.3 is 12.1 Å². The monoisotopic (exact) mass is 415 g/mol. The number of carboxylic acid groups (broad SMARTS) is 1. The number of nitrogens with zero attached hydrogens (tertiary/aromatic N) is 5. The highest BCUT2D eigenvalue weighted by atomic mass is 16.6. The van der Waals surface area contributed by atoms with Crippen molar-refractivity contribution in [1.29, 1.82) is 0 Å². The predicted molar refractivity (Wildman–Crippen MR) is 109 cm³/mol. The molecule has 3 unspecified atom stereocenters. The Hall–Kier alpha value is -2.39. The molecule has 30 heavy (non-hydrogen) atoms. The van der Waals surface area contributed by atoms with Crippen LogP contribution in [0.4, 0.5) is 10.5 Å². The van der Waals surface area contributed by atoms with Crippen molar-refractivity contribution in [3.63, 3.8) is 0 Å². The molecule has 4 aliphatic rings. The number of carbonyl (C=O) groups excluding carboxylic acids is 1. The van der Waals surface area contributed by atoms with Crippen molar-refractivity contribution in [2.45, 2.75) is 43.9 Å². The average molecular weight is 415 g/mol. The first kappa shape index (κ1) is 19.6. The summed E-state index contributed by atoms with van der Waals surface area (Å²) in [5.41, 5.74) is 1.16. The Balaban J connectivity index is 1.20. The lowest BCUT2D eigenvalue weighted by molar-refractivity contribution is -0.143. The van der Waals surface area contributed by atoms with E-state index in [0.29, 0.717) is 12.8 Å². The molecule has 9 nitrogen and oxygen atoms in total. The van der Waals surface area contributed by atoms with Crippen LogP contribution in [0.2, 0.25) is 0 Å². The first-order valence-electron chi connectivity index (χ1n) is 11.0. The Morgan fingerprint density at radius 1 is 0.967 bits per heavy atom. The molecule has 0 bridgehead atoms. The van der Waals surface area contributed by atoms with Crippen molar-refractivity contribution in [3.8, 4) is 0 Å². The van der Waals surface area contributed by atoms with E-state index in [1.54, 1.807) is 0 Å². The summed E-state index contributed by atoms with van der Waals surface area (Å²) >= 11 is 0. The highest BCUT2D eigenvalue weighted by Crippen LogP contribution is 2.38. The van der Waals surface area contributed by atoms with Gasteiger partial charge < -0.3 is 14.7 Å². The average Bonchev–Trinajstić information content (AvgIpc) is 3.32. The van der Waals surface area contributed by atoms with E-state index in [1.807, 2.05) is 29.5 Å². The highest BCUT2D eigenvalue weighted by molar-refractivity contribution is 5.71. The summed E-state index contributed by atoms with van der Waals surface area (Å²) in [7, 11) is 0. The van der Waals surface area contributed by atoms with Crippen LogP contribution in [-0.2, 0) is 9.53 Å². The number of hydrogen-bond acceptors (Lipinski definition) is 7. The first-order valence-corrected chi connectivity index (χ1v) is 11.0. The standard InChI is InChI=1S/C21H29N5O4/c27-20(28)15-5-9-24(10-6-15)17-1-2-18-19(17)30-21(29)26(18)25-13-11-23(12-14-25)16-3-7-22-8-4-16/h3-4,7-8,15,17-19H,1-2,5-6,9-14H2,(H,27,28). The van der Waals surface area contributed by atoms with Gasteiger partial charge in [-0.25, -0.2) is 14.8 Å². The Bertz CT molecular complexity index is 777. The molecule has 3 atom stereocenters. The van der Waals surface area contributed by atoms with Gasteiger partial charge in [-0.2, -0.15) is 0 Å². The molecule has 3 saturated heterocycles. The topological polar surface area (TPSA) is 89.4 Å². The number of piperidine rings is 1. The second-order valence-corrected chi connectivity index (χ2v) is 8.70. The van der Waals surface area contributed by atoms with Gasteiger partial charge in [-0.3, -0.25) is 14.7 Å². The zero-order valence-corrected chi connectivity index (χ0v) is 17.1. The van der Waals surface area contributed by atoms with Crippen LogP contribution in [0, 0.1) is 5.92 Å².